The number of aromatic nitrogens is 1. The zero-order valence-corrected chi connectivity index (χ0v) is 8.83. The van der Waals surface area contributed by atoms with E-state index in [1.807, 2.05) is 0 Å². The third-order valence-corrected chi connectivity index (χ3v) is 2.22. The molecule has 2 nitrogen and oxygen atoms in total. The lowest BCUT2D eigenvalue weighted by atomic mass is 10.1. The molecule has 2 heteroatoms. The summed E-state index contributed by atoms with van der Waals surface area (Å²) in [6, 6.07) is 2.32. The monoisotopic (exact) mass is 180 g/mol. The molecule has 1 aromatic heterocycles. The van der Waals surface area contributed by atoms with Gasteiger partial charge >= 0.3 is 0 Å². The van der Waals surface area contributed by atoms with Crippen molar-refractivity contribution in [2.45, 2.75) is 39.8 Å². The average molecular weight is 180 g/mol. The van der Waals surface area contributed by atoms with Crippen LogP contribution in [-0.2, 0) is 6.54 Å². The largest absolute Gasteiger partial charge is 0.354 e. The van der Waals surface area contributed by atoms with Gasteiger partial charge in [-0.3, -0.25) is 0 Å². The van der Waals surface area contributed by atoms with Gasteiger partial charge in [-0.05, 0) is 24.0 Å². The summed E-state index contributed by atoms with van der Waals surface area (Å²) in [5.74, 6) is 0.693. The molecule has 1 heterocycles. The number of hydrogen-bond acceptors (Lipinski definition) is 1. The van der Waals surface area contributed by atoms with Gasteiger partial charge in [0.05, 0.1) is 0 Å². The summed E-state index contributed by atoms with van der Waals surface area (Å²) in [5, 5.41) is 0. The molecule has 0 aliphatic rings. The normalized spacial score (nSPS) is 13.6. The Morgan fingerprint density at radius 2 is 2.15 bits per heavy atom. The van der Waals surface area contributed by atoms with E-state index in [1.54, 1.807) is 0 Å². The molecule has 0 bridgehead atoms. The summed E-state index contributed by atoms with van der Waals surface area (Å²) in [4.78, 5) is 0. The van der Waals surface area contributed by atoms with Gasteiger partial charge in [-0.1, -0.05) is 20.8 Å². The maximum Gasteiger partial charge on any atom is 0.0307 e. The highest BCUT2D eigenvalue weighted by atomic mass is 14.9. The molecule has 0 saturated heterocycles. The van der Waals surface area contributed by atoms with Crippen molar-refractivity contribution in [2.24, 2.45) is 11.7 Å². The van der Waals surface area contributed by atoms with Crippen LogP contribution >= 0.6 is 0 Å². The molecule has 0 aromatic carbocycles. The highest BCUT2D eigenvalue weighted by Gasteiger charge is 2.05. The number of nitrogens with two attached hydrogens (primary N) is 1. The Balaban J connectivity index is 2.63. The Kier molecular flexibility index (Phi) is 3.55. The van der Waals surface area contributed by atoms with Crippen LogP contribution in [0.3, 0.4) is 0 Å². The molecule has 0 spiro atoms. The predicted octanol–water partition coefficient (Wildman–Crippen LogP) is 2.55. The third-order valence-electron chi connectivity index (χ3n) is 2.22. The first-order chi connectivity index (χ1) is 6.13. The van der Waals surface area contributed by atoms with Crippen LogP contribution < -0.4 is 5.73 Å². The molecule has 13 heavy (non-hydrogen) atoms. The minimum atomic E-state index is 0.202. The number of hydrogen-bond donors (Lipinski definition) is 1. The molecule has 74 valence electrons. The molecule has 1 unspecified atom stereocenters. The Morgan fingerprint density at radius 1 is 1.46 bits per heavy atom. The first kappa shape index (κ1) is 10.3. The van der Waals surface area contributed by atoms with E-state index in [9.17, 15) is 0 Å². The van der Waals surface area contributed by atoms with Crippen LogP contribution in [0.4, 0.5) is 0 Å². The van der Waals surface area contributed by atoms with E-state index < -0.39 is 0 Å². The van der Waals surface area contributed by atoms with Gasteiger partial charge in [0.15, 0.2) is 0 Å². The Hall–Kier alpha value is -0.760. The summed E-state index contributed by atoms with van der Waals surface area (Å²) < 4.78 is 2.22. The van der Waals surface area contributed by atoms with Crippen molar-refractivity contribution in [3.63, 3.8) is 0 Å². The standard InChI is InChI=1S/C11H20N2/c1-4-11(12)10-5-6-13(8-10)7-9(2)3/h5-6,8-9,11H,4,7,12H2,1-3H3. The van der Waals surface area contributed by atoms with E-state index in [4.69, 9.17) is 5.73 Å². The first-order valence-corrected chi connectivity index (χ1v) is 5.04. The summed E-state index contributed by atoms with van der Waals surface area (Å²) in [6.07, 6.45) is 5.28. The van der Waals surface area contributed by atoms with Gasteiger partial charge in [-0.15, -0.1) is 0 Å². The lowest BCUT2D eigenvalue weighted by Crippen LogP contribution is -2.08. The van der Waals surface area contributed by atoms with Crippen molar-refractivity contribution in [3.05, 3.63) is 24.0 Å². The van der Waals surface area contributed by atoms with Crippen LogP contribution in [0.25, 0.3) is 0 Å². The molecule has 0 radical (unpaired) electrons. The van der Waals surface area contributed by atoms with Gasteiger partial charge in [0.1, 0.15) is 0 Å². The highest BCUT2D eigenvalue weighted by Crippen LogP contribution is 2.14. The molecule has 1 aromatic rings. The van der Waals surface area contributed by atoms with Crippen LogP contribution in [0.5, 0.6) is 0 Å². The summed E-state index contributed by atoms with van der Waals surface area (Å²) in [5.41, 5.74) is 7.18. The lowest BCUT2D eigenvalue weighted by Gasteiger charge is -2.07. The highest BCUT2D eigenvalue weighted by molar-refractivity contribution is 5.14. The van der Waals surface area contributed by atoms with Crippen molar-refractivity contribution >= 4 is 0 Å². The molecular weight excluding hydrogens is 160 g/mol. The Labute approximate surface area is 80.7 Å². The third kappa shape index (κ3) is 2.88. The molecule has 1 atom stereocenters. The fourth-order valence-corrected chi connectivity index (χ4v) is 1.45. The van der Waals surface area contributed by atoms with Crippen LogP contribution in [0.2, 0.25) is 0 Å². The fourth-order valence-electron chi connectivity index (χ4n) is 1.45. The first-order valence-electron chi connectivity index (χ1n) is 5.04. The van der Waals surface area contributed by atoms with Crippen LogP contribution in [-0.4, -0.2) is 4.57 Å². The fraction of sp³-hybridized carbons (Fsp3) is 0.636. The van der Waals surface area contributed by atoms with Crippen LogP contribution in [0.15, 0.2) is 18.5 Å². The van der Waals surface area contributed by atoms with Crippen molar-refractivity contribution in [3.8, 4) is 0 Å². The van der Waals surface area contributed by atoms with E-state index >= 15 is 0 Å². The van der Waals surface area contributed by atoms with E-state index in [0.29, 0.717) is 5.92 Å². The molecular formula is C11H20N2. The Morgan fingerprint density at radius 3 is 2.69 bits per heavy atom. The Bertz CT molecular complexity index is 250. The molecule has 2 N–H and O–H groups in total. The molecule has 1 rings (SSSR count). The second kappa shape index (κ2) is 4.47. The van der Waals surface area contributed by atoms with E-state index in [-0.39, 0.29) is 6.04 Å². The van der Waals surface area contributed by atoms with Gasteiger partial charge in [-0.2, -0.15) is 0 Å². The maximum atomic E-state index is 5.93. The van der Waals surface area contributed by atoms with Crippen molar-refractivity contribution in [1.29, 1.82) is 0 Å². The van der Waals surface area contributed by atoms with Crippen LogP contribution in [0, 0.1) is 5.92 Å². The molecule has 0 aliphatic carbocycles. The van der Waals surface area contributed by atoms with E-state index in [1.165, 1.54) is 5.56 Å². The maximum absolute atomic E-state index is 5.93. The van der Waals surface area contributed by atoms with Gasteiger partial charge in [0.2, 0.25) is 0 Å². The molecule has 0 saturated carbocycles. The van der Waals surface area contributed by atoms with Crippen molar-refractivity contribution < 1.29 is 0 Å². The average Bonchev–Trinajstić information content (AvgIpc) is 2.50. The smallest absolute Gasteiger partial charge is 0.0307 e. The molecule has 0 aliphatic heterocycles. The summed E-state index contributed by atoms with van der Waals surface area (Å²) in [6.45, 7) is 7.64. The lowest BCUT2D eigenvalue weighted by molar-refractivity contribution is 0.523. The summed E-state index contributed by atoms with van der Waals surface area (Å²) in [7, 11) is 0. The molecule has 0 fully saturated rings. The second-order valence-corrected chi connectivity index (χ2v) is 4.05. The number of rotatable bonds is 4. The topological polar surface area (TPSA) is 30.9 Å². The minimum Gasteiger partial charge on any atom is -0.354 e. The van der Waals surface area contributed by atoms with Gasteiger partial charge in [0, 0.05) is 25.0 Å². The van der Waals surface area contributed by atoms with Crippen molar-refractivity contribution in [2.75, 3.05) is 0 Å². The van der Waals surface area contributed by atoms with Gasteiger partial charge in [-0.25, -0.2) is 0 Å². The van der Waals surface area contributed by atoms with Crippen molar-refractivity contribution in [1.82, 2.24) is 4.57 Å². The van der Waals surface area contributed by atoms with Gasteiger partial charge < -0.3 is 10.3 Å². The summed E-state index contributed by atoms with van der Waals surface area (Å²) >= 11 is 0. The van der Waals surface area contributed by atoms with Gasteiger partial charge in [0.25, 0.3) is 0 Å². The number of nitrogens with zero attached hydrogens (tertiary/aromatic N) is 1. The quantitative estimate of drug-likeness (QED) is 0.758. The predicted molar refractivity (Wildman–Crippen MR) is 56.5 cm³/mol. The zero-order valence-electron chi connectivity index (χ0n) is 8.83. The minimum absolute atomic E-state index is 0.202. The van der Waals surface area contributed by atoms with Crippen LogP contribution in [0.1, 0.15) is 38.8 Å². The van der Waals surface area contributed by atoms with E-state index in [0.717, 1.165) is 13.0 Å². The molecule has 0 amide bonds. The SMILES string of the molecule is CCC(N)c1ccn(CC(C)C)c1. The second-order valence-electron chi connectivity index (χ2n) is 4.05. The zero-order chi connectivity index (χ0) is 9.84. The van der Waals surface area contributed by atoms with E-state index in [2.05, 4.69) is 43.8 Å².